The summed E-state index contributed by atoms with van der Waals surface area (Å²) in [6.45, 7) is 11.1. The zero-order valence-corrected chi connectivity index (χ0v) is 15.5. The molecule has 28 heavy (non-hydrogen) atoms. The van der Waals surface area contributed by atoms with Crippen LogP contribution in [0.1, 0.15) is 11.3 Å². The van der Waals surface area contributed by atoms with Gasteiger partial charge in [0.15, 0.2) is 23.7 Å². The number of hydrogen-bond donors (Lipinski definition) is 4. The lowest BCUT2D eigenvalue weighted by molar-refractivity contribution is 0.187. The third-order valence-electron chi connectivity index (χ3n) is 3.74. The Labute approximate surface area is 161 Å². The molecule has 0 spiro atoms. The highest BCUT2D eigenvalue weighted by Gasteiger charge is 2.12. The molecule has 3 rings (SSSR count). The highest BCUT2D eigenvalue weighted by Crippen LogP contribution is 2.28. The summed E-state index contributed by atoms with van der Waals surface area (Å²) in [5, 5.41) is 15.6. The van der Waals surface area contributed by atoms with Crippen molar-refractivity contribution in [2.45, 2.75) is 13.8 Å². The zero-order valence-electron chi connectivity index (χ0n) is 15.5. The smallest absolute Gasteiger partial charge is 0.411 e. The minimum Gasteiger partial charge on any atom is -0.453 e. The second-order valence-corrected chi connectivity index (χ2v) is 5.87. The number of hydrogen-bond acceptors (Lipinski definition) is 7. The van der Waals surface area contributed by atoms with Crippen molar-refractivity contribution in [1.29, 1.82) is 0 Å². The summed E-state index contributed by atoms with van der Waals surface area (Å²) in [6.07, 6.45) is 0.893. The first-order valence-corrected chi connectivity index (χ1v) is 8.24. The molecule has 0 aliphatic heterocycles. The first-order chi connectivity index (χ1) is 13.5. The molecule has 0 saturated heterocycles. The van der Waals surface area contributed by atoms with E-state index in [4.69, 9.17) is 6.57 Å². The third kappa shape index (κ3) is 4.34. The van der Waals surface area contributed by atoms with E-state index in [9.17, 15) is 4.79 Å². The van der Waals surface area contributed by atoms with E-state index >= 15 is 0 Å². The van der Waals surface area contributed by atoms with E-state index in [0.29, 0.717) is 23.0 Å². The zero-order chi connectivity index (χ0) is 20.1. The highest BCUT2D eigenvalue weighted by atomic mass is 16.5. The van der Waals surface area contributed by atoms with Crippen molar-refractivity contribution < 1.29 is 9.53 Å². The molecule has 0 unspecified atom stereocenters. The highest BCUT2D eigenvalue weighted by molar-refractivity contribution is 5.87. The number of nitrogens with one attached hydrogen (secondary N) is 4. The molecule has 0 radical (unpaired) electrons. The van der Waals surface area contributed by atoms with Crippen molar-refractivity contribution in [3.8, 4) is 0 Å². The Morgan fingerprint density at radius 2 is 2.04 bits per heavy atom. The Hall–Kier alpha value is -4.13. The first-order valence-electron chi connectivity index (χ1n) is 8.24. The molecule has 0 aliphatic rings. The molecule has 2 aromatic heterocycles. The number of H-pyrrole nitrogens is 1. The molecular weight excluding hydrogens is 360 g/mol. The Bertz CT molecular complexity index is 1050. The van der Waals surface area contributed by atoms with Crippen LogP contribution in [-0.2, 0) is 4.74 Å². The molecule has 1 aromatic carbocycles. The number of anilines is 5. The summed E-state index contributed by atoms with van der Waals surface area (Å²) < 4.78 is 4.63. The fourth-order valence-electron chi connectivity index (χ4n) is 2.35. The fourth-order valence-corrected chi connectivity index (χ4v) is 2.35. The number of ether oxygens (including phenoxy) is 1. The van der Waals surface area contributed by atoms with Crippen molar-refractivity contribution >= 4 is 40.7 Å². The normalized spacial score (nSPS) is 10.1. The Morgan fingerprint density at radius 3 is 2.71 bits per heavy atom. The van der Waals surface area contributed by atoms with Crippen LogP contribution in [0, 0.1) is 20.4 Å². The van der Waals surface area contributed by atoms with E-state index in [0.717, 1.165) is 11.3 Å². The molecule has 10 nitrogen and oxygen atoms in total. The van der Waals surface area contributed by atoms with Gasteiger partial charge in [-0.3, -0.25) is 10.4 Å². The maximum Gasteiger partial charge on any atom is 0.411 e. The number of carbonyl (C=O) groups excluding carboxylic acids is 1. The predicted octanol–water partition coefficient (Wildman–Crippen LogP) is 4.03. The molecule has 3 aromatic rings. The number of carbonyl (C=O) groups is 1. The molecule has 2 heterocycles. The quantitative estimate of drug-likeness (QED) is 0.495. The standard InChI is InChI=1S/C18H18N8O2/c1-10-5-6-12(8-13(10)22-18(27)28-4)21-17-16(19-3)20-9-15(24-17)23-14-7-11(2)25-26-14/h5-9H,1-2,4H3,(H,22,27)(H3,21,23,24,25,26). The summed E-state index contributed by atoms with van der Waals surface area (Å²) >= 11 is 0. The van der Waals surface area contributed by atoms with E-state index in [-0.39, 0.29) is 11.6 Å². The molecule has 1 amide bonds. The SMILES string of the molecule is [C-]#[N+]c1ncc(Nc2cc(C)[nH]n2)nc1Nc1ccc(C)c(NC(=O)OC)c1. The van der Waals surface area contributed by atoms with Gasteiger partial charge in [-0.1, -0.05) is 12.6 Å². The van der Waals surface area contributed by atoms with E-state index < -0.39 is 6.09 Å². The number of aromatic nitrogens is 4. The van der Waals surface area contributed by atoms with Gasteiger partial charge in [-0.15, -0.1) is 4.98 Å². The second-order valence-electron chi connectivity index (χ2n) is 5.87. The number of aromatic amines is 1. The van der Waals surface area contributed by atoms with Crippen LogP contribution in [0.2, 0.25) is 0 Å². The molecule has 0 fully saturated rings. The van der Waals surface area contributed by atoms with Gasteiger partial charge >= 0.3 is 11.9 Å². The Morgan fingerprint density at radius 1 is 1.21 bits per heavy atom. The lowest BCUT2D eigenvalue weighted by atomic mass is 10.2. The van der Waals surface area contributed by atoms with Gasteiger partial charge in [0.1, 0.15) is 0 Å². The first kappa shape index (κ1) is 18.7. The van der Waals surface area contributed by atoms with Crippen molar-refractivity contribution in [1.82, 2.24) is 20.2 Å². The molecule has 10 heteroatoms. The van der Waals surface area contributed by atoms with E-state index in [1.54, 1.807) is 6.07 Å². The third-order valence-corrected chi connectivity index (χ3v) is 3.74. The maximum atomic E-state index is 11.5. The van der Waals surface area contributed by atoms with Crippen LogP contribution in [0.5, 0.6) is 0 Å². The lowest BCUT2D eigenvalue weighted by Crippen LogP contribution is -2.12. The van der Waals surface area contributed by atoms with Crippen LogP contribution in [-0.4, -0.2) is 33.4 Å². The number of aryl methyl sites for hydroxylation is 2. The van der Waals surface area contributed by atoms with Crippen LogP contribution < -0.4 is 16.0 Å². The molecule has 0 saturated carbocycles. The van der Waals surface area contributed by atoms with Gasteiger partial charge in [0, 0.05) is 23.1 Å². The molecule has 4 N–H and O–H groups in total. The summed E-state index contributed by atoms with van der Waals surface area (Å²) in [4.78, 5) is 23.4. The van der Waals surface area contributed by atoms with E-state index in [1.165, 1.54) is 13.3 Å². The van der Waals surface area contributed by atoms with E-state index in [2.05, 4.69) is 45.7 Å². The Balaban J connectivity index is 1.86. The molecule has 0 atom stereocenters. The summed E-state index contributed by atoms with van der Waals surface area (Å²) in [5.41, 5.74) is 2.97. The van der Waals surface area contributed by atoms with Crippen LogP contribution in [0.25, 0.3) is 4.85 Å². The lowest BCUT2D eigenvalue weighted by Gasteiger charge is -2.12. The summed E-state index contributed by atoms with van der Waals surface area (Å²) in [6, 6.07) is 7.18. The average Bonchev–Trinajstić information content (AvgIpc) is 3.09. The fraction of sp³-hybridized carbons (Fsp3) is 0.167. The van der Waals surface area contributed by atoms with Gasteiger partial charge in [0.05, 0.1) is 7.11 Å². The van der Waals surface area contributed by atoms with Crippen LogP contribution in [0.4, 0.5) is 39.4 Å². The summed E-state index contributed by atoms with van der Waals surface area (Å²) in [5.74, 6) is 1.42. The molecule has 0 aliphatic carbocycles. The summed E-state index contributed by atoms with van der Waals surface area (Å²) in [7, 11) is 1.30. The van der Waals surface area contributed by atoms with Gasteiger partial charge < -0.3 is 20.2 Å². The number of rotatable bonds is 5. The topological polar surface area (TPSA) is 121 Å². The molecule has 142 valence electrons. The molecule has 0 bridgehead atoms. The predicted molar refractivity (Wildman–Crippen MR) is 105 cm³/mol. The Kier molecular flexibility index (Phi) is 5.36. The monoisotopic (exact) mass is 378 g/mol. The maximum absolute atomic E-state index is 11.5. The number of nitrogens with zero attached hydrogens (tertiary/aromatic N) is 4. The number of benzene rings is 1. The van der Waals surface area contributed by atoms with Gasteiger partial charge in [-0.05, 0) is 31.5 Å². The van der Waals surface area contributed by atoms with Crippen LogP contribution in [0.15, 0.2) is 30.5 Å². The van der Waals surface area contributed by atoms with Crippen molar-refractivity contribution in [2.75, 3.05) is 23.1 Å². The average molecular weight is 378 g/mol. The van der Waals surface area contributed by atoms with Gasteiger partial charge in [0.25, 0.3) is 0 Å². The largest absolute Gasteiger partial charge is 0.453 e. The minimum atomic E-state index is -0.567. The van der Waals surface area contributed by atoms with Gasteiger partial charge in [-0.25, -0.2) is 9.78 Å². The van der Waals surface area contributed by atoms with Crippen LogP contribution in [0.3, 0.4) is 0 Å². The number of methoxy groups -OCH3 is 1. The van der Waals surface area contributed by atoms with Gasteiger partial charge in [0.2, 0.25) is 0 Å². The van der Waals surface area contributed by atoms with Crippen molar-refractivity contribution in [3.63, 3.8) is 0 Å². The molecular formula is C18H18N8O2. The van der Waals surface area contributed by atoms with E-state index in [1.807, 2.05) is 32.0 Å². The second kappa shape index (κ2) is 8.05. The van der Waals surface area contributed by atoms with Gasteiger partial charge in [-0.2, -0.15) is 5.10 Å². The number of amides is 1. The van der Waals surface area contributed by atoms with Crippen molar-refractivity contribution in [2.24, 2.45) is 0 Å². The minimum absolute atomic E-state index is 0.117. The van der Waals surface area contributed by atoms with Crippen LogP contribution >= 0.6 is 0 Å². The van der Waals surface area contributed by atoms with Crippen molar-refractivity contribution in [3.05, 3.63) is 53.1 Å².